The molecule has 0 saturated carbocycles. The average Bonchev–Trinajstić information content (AvgIpc) is 2.19. The van der Waals surface area contributed by atoms with E-state index >= 15 is 0 Å². The molecule has 0 amide bonds. The van der Waals surface area contributed by atoms with E-state index in [1.165, 1.54) is 17.8 Å². The van der Waals surface area contributed by atoms with Crippen molar-refractivity contribution in [2.45, 2.75) is 17.9 Å². The van der Waals surface area contributed by atoms with Crippen molar-refractivity contribution in [3.05, 3.63) is 30.1 Å². The van der Waals surface area contributed by atoms with E-state index in [9.17, 15) is 9.50 Å². The van der Waals surface area contributed by atoms with Crippen molar-refractivity contribution >= 4 is 11.8 Å². The van der Waals surface area contributed by atoms with E-state index in [1.54, 1.807) is 19.1 Å². The Labute approximate surface area is 100 Å². The molecule has 0 aliphatic carbocycles. The van der Waals surface area contributed by atoms with Crippen molar-refractivity contribution in [1.82, 2.24) is 4.90 Å². The van der Waals surface area contributed by atoms with Gasteiger partial charge in [0.25, 0.3) is 0 Å². The molecular formula is C12H18FNOS. The molecule has 0 fully saturated rings. The number of likely N-dealkylation sites (N-methyl/N-ethyl adjacent to an activating group) is 1. The first-order valence-electron chi connectivity index (χ1n) is 5.33. The molecule has 1 atom stereocenters. The number of benzene rings is 1. The van der Waals surface area contributed by atoms with Gasteiger partial charge in [-0.2, -0.15) is 0 Å². The van der Waals surface area contributed by atoms with Crippen LogP contribution in [-0.2, 0) is 0 Å². The second-order valence-corrected chi connectivity index (χ2v) is 5.03. The fraction of sp³-hybridized carbons (Fsp3) is 0.500. The first kappa shape index (κ1) is 13.5. The van der Waals surface area contributed by atoms with Crippen LogP contribution in [0.15, 0.2) is 29.2 Å². The zero-order chi connectivity index (χ0) is 12.0. The molecule has 0 heterocycles. The van der Waals surface area contributed by atoms with Gasteiger partial charge in [0.2, 0.25) is 0 Å². The van der Waals surface area contributed by atoms with Crippen molar-refractivity contribution in [2.75, 3.05) is 25.9 Å². The summed E-state index contributed by atoms with van der Waals surface area (Å²) in [4.78, 5) is 2.73. The van der Waals surface area contributed by atoms with Gasteiger partial charge in [0, 0.05) is 23.7 Å². The predicted molar refractivity (Wildman–Crippen MR) is 66.3 cm³/mol. The summed E-state index contributed by atoms with van der Waals surface area (Å²) < 4.78 is 13.2. The van der Waals surface area contributed by atoms with Gasteiger partial charge in [-0.3, -0.25) is 0 Å². The van der Waals surface area contributed by atoms with Gasteiger partial charge < -0.3 is 10.0 Å². The molecule has 1 N–H and O–H groups in total. The topological polar surface area (TPSA) is 23.5 Å². The molecule has 4 heteroatoms. The molecule has 0 bridgehead atoms. The standard InChI is InChI=1S/C12H18FNOS/c1-10(15)9-14(2)7-8-16-12-6-4-3-5-11(12)13/h3-6,10,15H,7-9H2,1-2H3. The maximum absolute atomic E-state index is 13.2. The van der Waals surface area contributed by atoms with Gasteiger partial charge in [0.05, 0.1) is 6.10 Å². The lowest BCUT2D eigenvalue weighted by atomic mass is 10.3. The number of hydrogen-bond donors (Lipinski definition) is 1. The van der Waals surface area contributed by atoms with Crippen LogP contribution in [-0.4, -0.2) is 42.0 Å². The molecule has 2 nitrogen and oxygen atoms in total. The fourth-order valence-corrected chi connectivity index (χ4v) is 2.42. The van der Waals surface area contributed by atoms with Crippen LogP contribution in [0.4, 0.5) is 4.39 Å². The van der Waals surface area contributed by atoms with Gasteiger partial charge in [-0.1, -0.05) is 12.1 Å². The molecule has 1 aromatic rings. The number of aliphatic hydroxyl groups excluding tert-OH is 1. The summed E-state index contributed by atoms with van der Waals surface area (Å²) >= 11 is 1.50. The number of rotatable bonds is 6. The lowest BCUT2D eigenvalue weighted by molar-refractivity contribution is 0.145. The fourth-order valence-electron chi connectivity index (χ4n) is 1.42. The maximum atomic E-state index is 13.2. The molecule has 0 aliphatic heterocycles. The highest BCUT2D eigenvalue weighted by atomic mass is 32.2. The largest absolute Gasteiger partial charge is 0.392 e. The SMILES string of the molecule is CC(O)CN(C)CCSc1ccccc1F. The summed E-state index contributed by atoms with van der Waals surface area (Å²) in [5, 5.41) is 9.17. The lowest BCUT2D eigenvalue weighted by Crippen LogP contribution is -2.29. The minimum Gasteiger partial charge on any atom is -0.392 e. The Morgan fingerprint density at radius 3 is 2.75 bits per heavy atom. The van der Waals surface area contributed by atoms with Crippen molar-refractivity contribution in [2.24, 2.45) is 0 Å². The summed E-state index contributed by atoms with van der Waals surface area (Å²) in [6.07, 6.45) is -0.316. The van der Waals surface area contributed by atoms with Crippen molar-refractivity contribution < 1.29 is 9.50 Å². The van der Waals surface area contributed by atoms with E-state index in [1.807, 2.05) is 18.0 Å². The summed E-state index contributed by atoms with van der Waals surface area (Å²) in [7, 11) is 1.95. The monoisotopic (exact) mass is 243 g/mol. The van der Waals surface area contributed by atoms with Gasteiger partial charge in [-0.05, 0) is 26.1 Å². The minimum atomic E-state index is -0.316. The van der Waals surface area contributed by atoms with E-state index in [0.29, 0.717) is 11.4 Å². The van der Waals surface area contributed by atoms with Crippen molar-refractivity contribution in [3.8, 4) is 0 Å². The van der Waals surface area contributed by atoms with Gasteiger partial charge in [0.15, 0.2) is 0 Å². The van der Waals surface area contributed by atoms with Crippen LogP contribution >= 0.6 is 11.8 Å². The second kappa shape index (κ2) is 6.89. The van der Waals surface area contributed by atoms with E-state index < -0.39 is 0 Å². The predicted octanol–water partition coefficient (Wildman–Crippen LogP) is 2.23. The third kappa shape index (κ3) is 4.96. The Hall–Kier alpha value is -0.580. The van der Waals surface area contributed by atoms with E-state index in [4.69, 9.17) is 0 Å². The number of thioether (sulfide) groups is 1. The molecule has 0 aliphatic rings. The van der Waals surface area contributed by atoms with E-state index in [2.05, 4.69) is 0 Å². The molecule has 0 saturated heterocycles. The van der Waals surface area contributed by atoms with Crippen LogP contribution in [0.1, 0.15) is 6.92 Å². The smallest absolute Gasteiger partial charge is 0.136 e. The van der Waals surface area contributed by atoms with Crippen LogP contribution in [0.25, 0.3) is 0 Å². The zero-order valence-corrected chi connectivity index (χ0v) is 10.5. The van der Waals surface area contributed by atoms with Crippen LogP contribution < -0.4 is 0 Å². The van der Waals surface area contributed by atoms with E-state index in [-0.39, 0.29) is 11.9 Å². The molecule has 1 aromatic carbocycles. The third-order valence-corrected chi connectivity index (χ3v) is 3.17. The number of aliphatic hydroxyl groups is 1. The van der Waals surface area contributed by atoms with Gasteiger partial charge in [0.1, 0.15) is 5.82 Å². The van der Waals surface area contributed by atoms with Crippen LogP contribution in [0.3, 0.4) is 0 Å². The Kier molecular flexibility index (Phi) is 5.80. The Morgan fingerprint density at radius 1 is 1.44 bits per heavy atom. The van der Waals surface area contributed by atoms with Crippen LogP contribution in [0.2, 0.25) is 0 Å². The number of hydrogen-bond acceptors (Lipinski definition) is 3. The molecule has 1 rings (SSSR count). The molecule has 0 aromatic heterocycles. The quantitative estimate of drug-likeness (QED) is 0.775. The number of nitrogens with zero attached hydrogens (tertiary/aromatic N) is 1. The molecule has 1 unspecified atom stereocenters. The maximum Gasteiger partial charge on any atom is 0.136 e. The highest BCUT2D eigenvalue weighted by Crippen LogP contribution is 2.20. The van der Waals surface area contributed by atoms with Gasteiger partial charge in [-0.25, -0.2) is 4.39 Å². The molecule has 16 heavy (non-hydrogen) atoms. The minimum absolute atomic E-state index is 0.161. The highest BCUT2D eigenvalue weighted by Gasteiger charge is 2.04. The second-order valence-electron chi connectivity index (χ2n) is 3.89. The lowest BCUT2D eigenvalue weighted by Gasteiger charge is -2.17. The van der Waals surface area contributed by atoms with Crippen molar-refractivity contribution in [1.29, 1.82) is 0 Å². The van der Waals surface area contributed by atoms with Crippen LogP contribution in [0.5, 0.6) is 0 Å². The molecule has 90 valence electrons. The van der Waals surface area contributed by atoms with Gasteiger partial charge in [-0.15, -0.1) is 11.8 Å². The first-order valence-corrected chi connectivity index (χ1v) is 6.32. The molecular weight excluding hydrogens is 225 g/mol. The Balaban J connectivity index is 2.28. The van der Waals surface area contributed by atoms with Crippen molar-refractivity contribution in [3.63, 3.8) is 0 Å². The summed E-state index contributed by atoms with van der Waals surface area (Å²) in [5.74, 6) is 0.662. The average molecular weight is 243 g/mol. The normalized spacial score (nSPS) is 13.1. The summed E-state index contributed by atoms with van der Waals surface area (Å²) in [6.45, 7) is 3.25. The van der Waals surface area contributed by atoms with Gasteiger partial charge >= 0.3 is 0 Å². The summed E-state index contributed by atoms with van der Waals surface area (Å²) in [5.41, 5.74) is 0. The molecule has 0 spiro atoms. The first-order chi connectivity index (χ1) is 7.59. The van der Waals surface area contributed by atoms with Crippen LogP contribution in [0, 0.1) is 5.82 Å². The Morgan fingerprint density at radius 2 is 2.12 bits per heavy atom. The summed E-state index contributed by atoms with van der Waals surface area (Å²) in [6, 6.07) is 6.79. The number of halogens is 1. The van der Waals surface area contributed by atoms with E-state index in [0.717, 1.165) is 12.3 Å². The zero-order valence-electron chi connectivity index (χ0n) is 9.69. The highest BCUT2D eigenvalue weighted by molar-refractivity contribution is 7.99. The molecule has 0 radical (unpaired) electrons. The third-order valence-electron chi connectivity index (χ3n) is 2.14. The Bertz CT molecular complexity index is 320.